The first-order valence-corrected chi connectivity index (χ1v) is 7.05. The molecule has 2 aliphatic carbocycles. The van der Waals surface area contributed by atoms with Crippen molar-refractivity contribution < 1.29 is 4.79 Å². The van der Waals surface area contributed by atoms with Gasteiger partial charge in [-0.1, -0.05) is 19.3 Å². The minimum absolute atomic E-state index is 0.380. The Morgan fingerprint density at radius 1 is 0.875 bits per heavy atom. The van der Waals surface area contributed by atoms with Gasteiger partial charge in [-0.25, -0.2) is 0 Å². The summed E-state index contributed by atoms with van der Waals surface area (Å²) in [5.74, 6) is 2.07. The van der Waals surface area contributed by atoms with Crippen LogP contribution in [0.4, 0.5) is 0 Å². The van der Waals surface area contributed by atoms with Crippen molar-refractivity contribution in [1.82, 2.24) is 0 Å². The number of nitrogens with two attached hydrogens (primary N) is 1. The van der Waals surface area contributed by atoms with Crippen molar-refractivity contribution in [2.24, 2.45) is 23.5 Å². The summed E-state index contributed by atoms with van der Waals surface area (Å²) in [4.78, 5) is 12.3. The summed E-state index contributed by atoms with van der Waals surface area (Å²) in [7, 11) is 0. The summed E-state index contributed by atoms with van der Waals surface area (Å²) >= 11 is 0. The third-order valence-electron chi connectivity index (χ3n) is 4.59. The van der Waals surface area contributed by atoms with Crippen LogP contribution >= 0.6 is 0 Å². The minimum atomic E-state index is 0.380. The maximum atomic E-state index is 12.3. The van der Waals surface area contributed by atoms with Crippen LogP contribution in [0.25, 0.3) is 0 Å². The molecule has 0 radical (unpaired) electrons. The molecule has 0 aromatic carbocycles. The van der Waals surface area contributed by atoms with E-state index >= 15 is 0 Å². The molecule has 2 saturated carbocycles. The highest BCUT2D eigenvalue weighted by atomic mass is 16.1. The zero-order valence-corrected chi connectivity index (χ0v) is 10.3. The fourth-order valence-corrected chi connectivity index (χ4v) is 3.40. The maximum absolute atomic E-state index is 12.3. The number of Topliss-reactive ketones (excluding diaryl/α,β-unsaturated/α-hetero) is 1. The molecule has 92 valence electrons. The van der Waals surface area contributed by atoms with Crippen molar-refractivity contribution in [2.45, 2.75) is 57.8 Å². The Kier molecular flexibility index (Phi) is 4.39. The third kappa shape index (κ3) is 2.85. The van der Waals surface area contributed by atoms with Gasteiger partial charge in [-0.15, -0.1) is 0 Å². The number of carbonyl (C=O) groups is 1. The first-order valence-electron chi connectivity index (χ1n) is 7.05. The predicted octanol–water partition coefficient (Wildman–Crippen LogP) is 2.90. The van der Waals surface area contributed by atoms with Crippen molar-refractivity contribution in [1.29, 1.82) is 0 Å². The Labute approximate surface area is 99.0 Å². The second-order valence-corrected chi connectivity index (χ2v) is 5.69. The molecule has 0 atom stereocenters. The van der Waals surface area contributed by atoms with Crippen LogP contribution in [0.3, 0.4) is 0 Å². The minimum Gasteiger partial charge on any atom is -0.330 e. The summed E-state index contributed by atoms with van der Waals surface area (Å²) in [6, 6.07) is 0. The van der Waals surface area contributed by atoms with E-state index in [1.807, 2.05) is 0 Å². The van der Waals surface area contributed by atoms with Crippen LogP contribution in [0.2, 0.25) is 0 Å². The molecule has 2 heteroatoms. The zero-order valence-electron chi connectivity index (χ0n) is 10.3. The molecule has 2 rings (SSSR count). The number of hydrogen-bond donors (Lipinski definition) is 1. The smallest absolute Gasteiger partial charge is 0.139 e. The van der Waals surface area contributed by atoms with E-state index < -0.39 is 0 Å². The predicted molar refractivity (Wildman–Crippen MR) is 66.1 cm³/mol. The van der Waals surface area contributed by atoms with Gasteiger partial charge in [0.05, 0.1) is 0 Å². The van der Waals surface area contributed by atoms with E-state index in [-0.39, 0.29) is 0 Å². The van der Waals surface area contributed by atoms with Crippen molar-refractivity contribution in [3.05, 3.63) is 0 Å². The summed E-state index contributed by atoms with van der Waals surface area (Å²) in [6.45, 7) is 0.810. The molecule has 0 spiro atoms. The molecule has 0 aliphatic heterocycles. The maximum Gasteiger partial charge on any atom is 0.139 e. The Bertz CT molecular complexity index is 225. The van der Waals surface area contributed by atoms with Crippen LogP contribution < -0.4 is 5.73 Å². The van der Waals surface area contributed by atoms with Gasteiger partial charge >= 0.3 is 0 Å². The molecular weight excluding hydrogens is 198 g/mol. The van der Waals surface area contributed by atoms with Gasteiger partial charge in [0, 0.05) is 11.8 Å². The van der Waals surface area contributed by atoms with Gasteiger partial charge in [-0.3, -0.25) is 4.79 Å². The van der Waals surface area contributed by atoms with Crippen molar-refractivity contribution in [3.8, 4) is 0 Å². The quantitative estimate of drug-likeness (QED) is 0.799. The average molecular weight is 223 g/mol. The number of rotatable bonds is 3. The van der Waals surface area contributed by atoms with Crippen LogP contribution in [0.5, 0.6) is 0 Å². The number of carbonyl (C=O) groups excluding carboxylic acids is 1. The topological polar surface area (TPSA) is 43.1 Å². The molecule has 0 amide bonds. The van der Waals surface area contributed by atoms with Crippen molar-refractivity contribution in [3.63, 3.8) is 0 Å². The molecule has 0 unspecified atom stereocenters. The fourth-order valence-electron chi connectivity index (χ4n) is 3.40. The molecule has 16 heavy (non-hydrogen) atoms. The second-order valence-electron chi connectivity index (χ2n) is 5.69. The SMILES string of the molecule is NCC1CCC(C(=O)C2CCCCC2)CC1. The zero-order chi connectivity index (χ0) is 11.4. The average Bonchev–Trinajstić information content (AvgIpc) is 2.39. The van der Waals surface area contributed by atoms with Crippen LogP contribution in [-0.4, -0.2) is 12.3 Å². The highest BCUT2D eigenvalue weighted by Gasteiger charge is 2.30. The summed E-state index contributed by atoms with van der Waals surface area (Å²) in [6.07, 6.45) is 10.8. The number of hydrogen-bond acceptors (Lipinski definition) is 2. The lowest BCUT2D eigenvalue weighted by Crippen LogP contribution is -2.30. The highest BCUT2D eigenvalue weighted by molar-refractivity contribution is 5.83. The van der Waals surface area contributed by atoms with Gasteiger partial charge in [0.15, 0.2) is 0 Å². The Balaban J connectivity index is 1.81. The first-order chi connectivity index (χ1) is 7.81. The van der Waals surface area contributed by atoms with E-state index in [9.17, 15) is 4.79 Å². The molecule has 0 heterocycles. The molecule has 0 saturated heterocycles. The van der Waals surface area contributed by atoms with Crippen LogP contribution in [-0.2, 0) is 4.79 Å². The fraction of sp³-hybridized carbons (Fsp3) is 0.929. The molecule has 2 fully saturated rings. The van der Waals surface area contributed by atoms with Crippen molar-refractivity contribution >= 4 is 5.78 Å². The summed E-state index contributed by atoms with van der Waals surface area (Å²) < 4.78 is 0. The molecule has 0 bridgehead atoms. The molecule has 0 aromatic rings. The Hall–Kier alpha value is -0.370. The molecule has 0 aromatic heterocycles. The third-order valence-corrected chi connectivity index (χ3v) is 4.59. The van der Waals surface area contributed by atoms with Crippen LogP contribution in [0, 0.1) is 17.8 Å². The van der Waals surface area contributed by atoms with Gasteiger partial charge in [-0.2, -0.15) is 0 Å². The van der Waals surface area contributed by atoms with Gasteiger partial charge in [0.1, 0.15) is 5.78 Å². The van der Waals surface area contributed by atoms with E-state index in [0.717, 1.165) is 32.2 Å². The van der Waals surface area contributed by atoms with Crippen LogP contribution in [0.1, 0.15) is 57.8 Å². The lowest BCUT2D eigenvalue weighted by molar-refractivity contribution is -0.129. The molecule has 2 nitrogen and oxygen atoms in total. The molecular formula is C14H25NO. The van der Waals surface area contributed by atoms with E-state index in [1.54, 1.807) is 0 Å². The van der Waals surface area contributed by atoms with Crippen LogP contribution in [0.15, 0.2) is 0 Å². The Morgan fingerprint density at radius 3 is 2.00 bits per heavy atom. The second kappa shape index (κ2) is 5.81. The van der Waals surface area contributed by atoms with E-state index in [2.05, 4.69) is 0 Å². The first kappa shape index (κ1) is 12.1. The summed E-state index contributed by atoms with van der Waals surface area (Å²) in [5, 5.41) is 0. The van der Waals surface area contributed by atoms with E-state index in [0.29, 0.717) is 23.5 Å². The monoisotopic (exact) mass is 223 g/mol. The van der Waals surface area contributed by atoms with E-state index in [1.165, 1.54) is 32.1 Å². The van der Waals surface area contributed by atoms with Gasteiger partial charge in [0.25, 0.3) is 0 Å². The van der Waals surface area contributed by atoms with Gasteiger partial charge in [0.2, 0.25) is 0 Å². The normalized spacial score (nSPS) is 32.6. The van der Waals surface area contributed by atoms with E-state index in [4.69, 9.17) is 5.73 Å². The highest BCUT2D eigenvalue weighted by Crippen LogP contribution is 2.34. The van der Waals surface area contributed by atoms with Gasteiger partial charge < -0.3 is 5.73 Å². The molecule has 2 N–H and O–H groups in total. The lowest BCUT2D eigenvalue weighted by atomic mass is 9.74. The number of ketones is 1. The van der Waals surface area contributed by atoms with Crippen molar-refractivity contribution in [2.75, 3.05) is 6.54 Å². The standard InChI is InChI=1S/C14H25NO/c15-10-11-6-8-13(9-7-11)14(16)12-4-2-1-3-5-12/h11-13H,1-10,15H2. The largest absolute Gasteiger partial charge is 0.330 e. The lowest BCUT2D eigenvalue weighted by Gasteiger charge is -2.30. The Morgan fingerprint density at radius 2 is 1.44 bits per heavy atom. The summed E-state index contributed by atoms with van der Waals surface area (Å²) in [5.41, 5.74) is 5.68. The molecule has 2 aliphatic rings. The van der Waals surface area contributed by atoms with Gasteiger partial charge in [-0.05, 0) is 51.0 Å².